The highest BCUT2D eigenvalue weighted by Gasteiger charge is 2.39. The van der Waals surface area contributed by atoms with Gasteiger partial charge >= 0.3 is 0 Å². The third-order valence-corrected chi connectivity index (χ3v) is 1.75. The Morgan fingerprint density at radius 1 is 0.750 bits per heavy atom. The zero-order valence-corrected chi connectivity index (χ0v) is 7.94. The van der Waals surface area contributed by atoms with E-state index in [0.29, 0.717) is 0 Å². The first kappa shape index (κ1) is 11.8. The van der Waals surface area contributed by atoms with Crippen molar-refractivity contribution in [3.8, 4) is 0 Å². The molecule has 2 atom stereocenters. The van der Waals surface area contributed by atoms with Gasteiger partial charge in [0.2, 0.25) is 0 Å². The molecule has 0 bridgehead atoms. The molecular formula is C8H18O4. The first-order valence-corrected chi connectivity index (χ1v) is 3.87. The third kappa shape index (κ3) is 3.06. The van der Waals surface area contributed by atoms with E-state index < -0.39 is 23.4 Å². The van der Waals surface area contributed by atoms with Crippen molar-refractivity contribution in [1.29, 1.82) is 0 Å². The minimum atomic E-state index is -1.42. The minimum absolute atomic E-state index is 1.36. The van der Waals surface area contributed by atoms with E-state index >= 15 is 0 Å². The monoisotopic (exact) mass is 178 g/mol. The molecule has 0 rings (SSSR count). The topological polar surface area (TPSA) is 80.9 Å². The van der Waals surface area contributed by atoms with Crippen LogP contribution in [0.2, 0.25) is 0 Å². The number of aliphatic hydroxyl groups excluding tert-OH is 2. The van der Waals surface area contributed by atoms with Crippen molar-refractivity contribution < 1.29 is 20.4 Å². The molecule has 4 N–H and O–H groups in total. The summed E-state index contributed by atoms with van der Waals surface area (Å²) in [6.45, 7) is 5.47. The largest absolute Gasteiger partial charge is 0.388 e. The molecule has 0 saturated heterocycles. The fourth-order valence-electron chi connectivity index (χ4n) is 0.773. The van der Waals surface area contributed by atoms with Crippen LogP contribution in [0.15, 0.2) is 0 Å². The molecule has 4 nitrogen and oxygen atoms in total. The Hall–Kier alpha value is -0.160. The maximum Gasteiger partial charge on any atom is 0.111 e. The van der Waals surface area contributed by atoms with Crippen molar-refractivity contribution in [2.45, 2.75) is 51.1 Å². The predicted octanol–water partition coefficient (Wildman–Crippen LogP) is -0.750. The predicted molar refractivity (Wildman–Crippen MR) is 44.6 cm³/mol. The smallest absolute Gasteiger partial charge is 0.111 e. The van der Waals surface area contributed by atoms with Crippen molar-refractivity contribution in [2.24, 2.45) is 0 Å². The lowest BCUT2D eigenvalue weighted by Gasteiger charge is -2.34. The zero-order valence-electron chi connectivity index (χ0n) is 7.94. The highest BCUT2D eigenvalue weighted by molar-refractivity contribution is 4.90. The van der Waals surface area contributed by atoms with Crippen molar-refractivity contribution >= 4 is 0 Å². The number of hydrogen-bond donors (Lipinski definition) is 4. The third-order valence-electron chi connectivity index (χ3n) is 1.75. The van der Waals surface area contributed by atoms with Crippen molar-refractivity contribution in [2.75, 3.05) is 0 Å². The molecule has 0 radical (unpaired) electrons. The van der Waals surface area contributed by atoms with Crippen molar-refractivity contribution in [3.63, 3.8) is 0 Å². The van der Waals surface area contributed by atoms with Gasteiger partial charge in [0, 0.05) is 0 Å². The average Bonchev–Trinajstić information content (AvgIpc) is 1.80. The van der Waals surface area contributed by atoms with Crippen LogP contribution in [0.5, 0.6) is 0 Å². The van der Waals surface area contributed by atoms with Crippen LogP contribution in [0.25, 0.3) is 0 Å². The molecule has 0 aromatic rings. The average molecular weight is 178 g/mol. The number of rotatable bonds is 3. The molecule has 0 saturated carbocycles. The first-order chi connectivity index (χ1) is 5.07. The molecule has 74 valence electrons. The summed E-state index contributed by atoms with van der Waals surface area (Å²) in [5.74, 6) is 0. The number of hydrogen-bond acceptors (Lipinski definition) is 4. The van der Waals surface area contributed by atoms with E-state index in [9.17, 15) is 20.4 Å². The minimum Gasteiger partial charge on any atom is -0.388 e. The van der Waals surface area contributed by atoms with Crippen LogP contribution in [0.3, 0.4) is 0 Å². The Morgan fingerprint density at radius 3 is 1.00 bits per heavy atom. The highest BCUT2D eigenvalue weighted by Crippen LogP contribution is 2.19. The van der Waals surface area contributed by atoms with Gasteiger partial charge in [-0.2, -0.15) is 0 Å². The second-order valence-corrected chi connectivity index (χ2v) is 4.20. The highest BCUT2D eigenvalue weighted by atomic mass is 16.4. The van der Waals surface area contributed by atoms with E-state index in [2.05, 4.69) is 0 Å². The SMILES string of the molecule is CC(C)(O)[C@H](O)[C@@H](O)C(C)(C)O. The van der Waals surface area contributed by atoms with Crippen molar-refractivity contribution in [1.82, 2.24) is 0 Å². The second kappa shape index (κ2) is 3.30. The molecule has 0 aliphatic carbocycles. The summed E-state index contributed by atoms with van der Waals surface area (Å²) in [6.07, 6.45) is -2.73. The number of aliphatic hydroxyl groups is 4. The normalized spacial score (nSPS) is 19.0. The molecule has 12 heavy (non-hydrogen) atoms. The van der Waals surface area contributed by atoms with E-state index in [0.717, 1.165) is 0 Å². The molecule has 0 aromatic heterocycles. The van der Waals surface area contributed by atoms with E-state index in [4.69, 9.17) is 0 Å². The van der Waals surface area contributed by atoms with Crippen LogP contribution in [0.1, 0.15) is 27.7 Å². The van der Waals surface area contributed by atoms with Gasteiger partial charge in [-0.25, -0.2) is 0 Å². The molecule has 0 fully saturated rings. The first-order valence-electron chi connectivity index (χ1n) is 3.87. The summed E-state index contributed by atoms with van der Waals surface area (Å²) in [4.78, 5) is 0. The summed E-state index contributed by atoms with van der Waals surface area (Å²) in [6, 6.07) is 0. The molecule has 0 amide bonds. The summed E-state index contributed by atoms with van der Waals surface area (Å²) in [7, 11) is 0. The second-order valence-electron chi connectivity index (χ2n) is 4.20. The molecular weight excluding hydrogens is 160 g/mol. The van der Waals surface area contributed by atoms with E-state index in [1.54, 1.807) is 0 Å². The van der Waals surface area contributed by atoms with Crippen LogP contribution in [0.4, 0.5) is 0 Å². The van der Waals surface area contributed by atoms with Gasteiger partial charge < -0.3 is 20.4 Å². The Kier molecular flexibility index (Phi) is 3.25. The molecule has 0 spiro atoms. The van der Waals surface area contributed by atoms with Gasteiger partial charge in [-0.3, -0.25) is 0 Å². The molecule has 4 heteroatoms. The van der Waals surface area contributed by atoms with Gasteiger partial charge in [0.25, 0.3) is 0 Å². The van der Waals surface area contributed by atoms with E-state index in [1.807, 2.05) is 0 Å². The fraction of sp³-hybridized carbons (Fsp3) is 1.00. The molecule has 0 heterocycles. The van der Waals surface area contributed by atoms with Gasteiger partial charge in [0.05, 0.1) is 11.2 Å². The van der Waals surface area contributed by atoms with Crippen LogP contribution < -0.4 is 0 Å². The lowest BCUT2D eigenvalue weighted by molar-refractivity contribution is -0.163. The summed E-state index contributed by atoms with van der Waals surface area (Å²) in [5.41, 5.74) is -2.83. The molecule has 0 aromatic carbocycles. The Morgan fingerprint density at radius 2 is 0.917 bits per heavy atom. The van der Waals surface area contributed by atoms with Crippen LogP contribution in [0, 0.1) is 0 Å². The van der Waals surface area contributed by atoms with Gasteiger partial charge in [0.15, 0.2) is 0 Å². The van der Waals surface area contributed by atoms with Crippen LogP contribution in [-0.4, -0.2) is 43.8 Å². The Balaban J connectivity index is 4.41. The van der Waals surface area contributed by atoms with Crippen LogP contribution in [-0.2, 0) is 0 Å². The van der Waals surface area contributed by atoms with Gasteiger partial charge in [-0.15, -0.1) is 0 Å². The summed E-state index contributed by atoms with van der Waals surface area (Å²) >= 11 is 0. The standard InChI is InChI=1S/C8H18O4/c1-7(2,11)5(9)6(10)8(3,4)12/h5-6,9-12H,1-4H3/t5-,6-/m1/s1. The van der Waals surface area contributed by atoms with Gasteiger partial charge in [-0.1, -0.05) is 0 Å². The zero-order chi connectivity index (χ0) is 10.2. The summed E-state index contributed by atoms with van der Waals surface area (Å²) < 4.78 is 0. The maximum absolute atomic E-state index is 9.33. The van der Waals surface area contributed by atoms with Crippen LogP contribution >= 0.6 is 0 Å². The van der Waals surface area contributed by atoms with E-state index in [1.165, 1.54) is 27.7 Å². The lowest BCUT2D eigenvalue weighted by Crippen LogP contribution is -2.53. The molecule has 0 unspecified atom stereocenters. The van der Waals surface area contributed by atoms with Crippen molar-refractivity contribution in [3.05, 3.63) is 0 Å². The Bertz CT molecular complexity index is 124. The lowest BCUT2D eigenvalue weighted by atomic mass is 9.88. The van der Waals surface area contributed by atoms with E-state index in [-0.39, 0.29) is 0 Å². The Labute approximate surface area is 72.5 Å². The quantitative estimate of drug-likeness (QED) is 0.458. The van der Waals surface area contributed by atoms with Gasteiger partial charge in [0.1, 0.15) is 12.2 Å². The maximum atomic E-state index is 9.33. The fourth-order valence-corrected chi connectivity index (χ4v) is 0.773. The van der Waals surface area contributed by atoms with Gasteiger partial charge in [-0.05, 0) is 27.7 Å². The molecule has 0 aliphatic rings. The molecule has 0 aliphatic heterocycles. The summed E-state index contributed by atoms with van der Waals surface area (Å²) in [5, 5.41) is 37.3.